The molecule has 4 heteroatoms. The Balaban J connectivity index is 3.25. The van der Waals surface area contributed by atoms with Crippen LogP contribution in [0.15, 0.2) is 18.2 Å². The number of nitriles is 1. The van der Waals surface area contributed by atoms with E-state index < -0.39 is 11.6 Å². The predicted octanol–water partition coefficient (Wildman–Crippen LogP) is 2.19. The van der Waals surface area contributed by atoms with Crippen LogP contribution in [0.2, 0.25) is 5.02 Å². The summed E-state index contributed by atoms with van der Waals surface area (Å²) >= 11 is 5.49. The number of hydrogen-bond acceptors (Lipinski definition) is 2. The molecule has 12 heavy (non-hydrogen) atoms. The Morgan fingerprint density at radius 3 is 2.83 bits per heavy atom. The summed E-state index contributed by atoms with van der Waals surface area (Å²) in [6.45, 7) is 0. The number of rotatable bonds is 1. The quantitative estimate of drug-likeness (QED) is 0.495. The van der Waals surface area contributed by atoms with Crippen LogP contribution in [0.3, 0.4) is 0 Å². The third-order valence-corrected chi connectivity index (χ3v) is 1.51. The van der Waals surface area contributed by atoms with Crippen molar-refractivity contribution < 1.29 is 9.18 Å². The van der Waals surface area contributed by atoms with Crippen LogP contribution in [0.5, 0.6) is 0 Å². The molecule has 1 aromatic rings. The number of Topliss-reactive ketones (excluding diaryl/α,β-unsaturated/α-hetero) is 1. The molecule has 1 rings (SSSR count). The third-order valence-electron chi connectivity index (χ3n) is 1.27. The molecule has 0 aliphatic carbocycles. The predicted molar refractivity (Wildman–Crippen MR) is 41.4 cm³/mol. The normalized spacial score (nSPS) is 9.08. The van der Waals surface area contributed by atoms with Gasteiger partial charge in [-0.2, -0.15) is 5.26 Å². The van der Waals surface area contributed by atoms with E-state index in [4.69, 9.17) is 16.9 Å². The Kier molecular flexibility index (Phi) is 2.41. The fourth-order valence-corrected chi connectivity index (χ4v) is 0.904. The smallest absolute Gasteiger partial charge is 0.265 e. The Labute approximate surface area is 73.2 Å². The number of carbonyl (C=O) groups excluding carboxylic acids is 1. The molecule has 0 atom stereocenters. The number of benzene rings is 1. The first-order valence-electron chi connectivity index (χ1n) is 3.04. The van der Waals surface area contributed by atoms with Crippen LogP contribution in [0, 0.1) is 17.1 Å². The third kappa shape index (κ3) is 1.60. The number of hydrogen-bond donors (Lipinski definition) is 0. The summed E-state index contributed by atoms with van der Waals surface area (Å²) in [5.74, 6) is -1.65. The van der Waals surface area contributed by atoms with Crippen molar-refractivity contribution in [3.8, 4) is 6.07 Å². The molecule has 0 aliphatic rings. The number of carbonyl (C=O) groups is 1. The van der Waals surface area contributed by atoms with Crippen molar-refractivity contribution in [3.05, 3.63) is 34.6 Å². The Morgan fingerprint density at radius 2 is 2.25 bits per heavy atom. The fraction of sp³-hybridized carbons (Fsp3) is 0. The van der Waals surface area contributed by atoms with Gasteiger partial charge in [0, 0.05) is 5.02 Å². The highest BCUT2D eigenvalue weighted by atomic mass is 35.5. The van der Waals surface area contributed by atoms with Gasteiger partial charge in [0.25, 0.3) is 5.78 Å². The summed E-state index contributed by atoms with van der Waals surface area (Å²) in [6.07, 6.45) is 0. The SMILES string of the molecule is N#CC(=O)c1cc(Cl)ccc1F. The molecule has 0 fully saturated rings. The minimum absolute atomic E-state index is 0.231. The molecular formula is C8H3ClFNO. The number of nitrogens with zero attached hydrogens (tertiary/aromatic N) is 1. The summed E-state index contributed by atoms with van der Waals surface area (Å²) in [7, 11) is 0. The molecule has 0 N–H and O–H groups in total. The molecule has 0 amide bonds. The van der Waals surface area contributed by atoms with E-state index in [1.165, 1.54) is 12.1 Å². The monoisotopic (exact) mass is 183 g/mol. The standard InChI is InChI=1S/C8H3ClFNO/c9-5-1-2-7(10)6(3-5)8(12)4-11/h1-3H. The molecule has 0 radical (unpaired) electrons. The van der Waals surface area contributed by atoms with Gasteiger partial charge in [-0.05, 0) is 18.2 Å². The lowest BCUT2D eigenvalue weighted by Gasteiger charge is -1.95. The van der Waals surface area contributed by atoms with Crippen LogP contribution in [0.4, 0.5) is 4.39 Å². The maximum Gasteiger partial charge on any atom is 0.265 e. The lowest BCUT2D eigenvalue weighted by Crippen LogP contribution is -1.98. The van der Waals surface area contributed by atoms with Crippen molar-refractivity contribution >= 4 is 17.4 Å². The minimum atomic E-state index is -0.921. The van der Waals surface area contributed by atoms with Gasteiger partial charge in [-0.15, -0.1) is 0 Å². The molecule has 1 aromatic carbocycles. The van der Waals surface area contributed by atoms with E-state index in [0.29, 0.717) is 0 Å². The summed E-state index contributed by atoms with van der Waals surface area (Å²) in [4.78, 5) is 10.7. The van der Waals surface area contributed by atoms with Crippen molar-refractivity contribution in [2.45, 2.75) is 0 Å². The van der Waals surface area contributed by atoms with E-state index in [1.54, 1.807) is 0 Å². The second-order valence-corrected chi connectivity index (χ2v) is 2.50. The largest absolute Gasteiger partial charge is 0.277 e. The fourth-order valence-electron chi connectivity index (χ4n) is 0.732. The number of halogens is 2. The highest BCUT2D eigenvalue weighted by Gasteiger charge is 2.10. The highest BCUT2D eigenvalue weighted by molar-refractivity contribution is 6.31. The summed E-state index contributed by atoms with van der Waals surface area (Å²) in [5.41, 5.74) is -0.287. The van der Waals surface area contributed by atoms with Gasteiger partial charge in [-0.3, -0.25) is 4.79 Å². The second-order valence-electron chi connectivity index (χ2n) is 2.07. The molecular weight excluding hydrogens is 181 g/mol. The number of ketones is 1. The Hall–Kier alpha value is -1.40. The molecule has 0 aromatic heterocycles. The van der Waals surface area contributed by atoms with E-state index in [2.05, 4.69) is 0 Å². The Bertz CT molecular complexity index is 370. The van der Waals surface area contributed by atoms with Gasteiger partial charge in [0.15, 0.2) is 0 Å². The zero-order chi connectivity index (χ0) is 9.14. The van der Waals surface area contributed by atoms with Crippen molar-refractivity contribution in [1.29, 1.82) is 5.26 Å². The first-order chi connectivity index (χ1) is 5.65. The molecule has 60 valence electrons. The summed E-state index contributed by atoms with van der Waals surface area (Å²) in [5, 5.41) is 8.43. The first kappa shape index (κ1) is 8.69. The van der Waals surface area contributed by atoms with Gasteiger partial charge < -0.3 is 0 Å². The average Bonchev–Trinajstić information content (AvgIpc) is 2.08. The van der Waals surface area contributed by atoms with E-state index >= 15 is 0 Å². The van der Waals surface area contributed by atoms with Gasteiger partial charge in [-0.25, -0.2) is 4.39 Å². The first-order valence-corrected chi connectivity index (χ1v) is 3.42. The van der Waals surface area contributed by atoms with E-state index in [1.807, 2.05) is 0 Å². The zero-order valence-corrected chi connectivity index (χ0v) is 6.60. The average molecular weight is 184 g/mol. The van der Waals surface area contributed by atoms with Crippen molar-refractivity contribution in [1.82, 2.24) is 0 Å². The molecule has 0 saturated carbocycles. The van der Waals surface area contributed by atoms with Crippen LogP contribution < -0.4 is 0 Å². The Morgan fingerprint density at radius 1 is 1.58 bits per heavy atom. The van der Waals surface area contributed by atoms with E-state index in [0.717, 1.165) is 12.1 Å². The van der Waals surface area contributed by atoms with Crippen LogP contribution in [-0.4, -0.2) is 5.78 Å². The molecule has 2 nitrogen and oxygen atoms in total. The molecule has 0 unspecified atom stereocenters. The minimum Gasteiger partial charge on any atom is -0.277 e. The molecule has 0 aliphatic heterocycles. The highest BCUT2D eigenvalue weighted by Crippen LogP contribution is 2.14. The van der Waals surface area contributed by atoms with E-state index in [-0.39, 0.29) is 10.6 Å². The van der Waals surface area contributed by atoms with Gasteiger partial charge >= 0.3 is 0 Å². The van der Waals surface area contributed by atoms with Crippen LogP contribution in [0.25, 0.3) is 0 Å². The topological polar surface area (TPSA) is 40.9 Å². The van der Waals surface area contributed by atoms with Crippen LogP contribution >= 0.6 is 11.6 Å². The zero-order valence-electron chi connectivity index (χ0n) is 5.84. The maximum absolute atomic E-state index is 12.8. The van der Waals surface area contributed by atoms with Gasteiger partial charge in [0.05, 0.1) is 5.56 Å². The van der Waals surface area contributed by atoms with E-state index in [9.17, 15) is 9.18 Å². The second kappa shape index (κ2) is 3.33. The molecule has 0 saturated heterocycles. The van der Waals surface area contributed by atoms with Gasteiger partial charge in [0.1, 0.15) is 11.9 Å². The van der Waals surface area contributed by atoms with Gasteiger partial charge in [0.2, 0.25) is 0 Å². The van der Waals surface area contributed by atoms with Crippen molar-refractivity contribution in [2.75, 3.05) is 0 Å². The van der Waals surface area contributed by atoms with Crippen LogP contribution in [0.1, 0.15) is 10.4 Å². The molecule has 0 spiro atoms. The maximum atomic E-state index is 12.8. The van der Waals surface area contributed by atoms with Crippen LogP contribution in [-0.2, 0) is 0 Å². The van der Waals surface area contributed by atoms with Crippen molar-refractivity contribution in [3.63, 3.8) is 0 Å². The van der Waals surface area contributed by atoms with Crippen molar-refractivity contribution in [2.24, 2.45) is 0 Å². The summed E-state index contributed by atoms with van der Waals surface area (Å²) in [6, 6.07) is 4.80. The molecule has 0 bridgehead atoms. The summed E-state index contributed by atoms with van der Waals surface area (Å²) < 4.78 is 12.8. The van der Waals surface area contributed by atoms with Gasteiger partial charge in [-0.1, -0.05) is 11.6 Å². The lowest BCUT2D eigenvalue weighted by atomic mass is 10.1. The molecule has 0 heterocycles. The lowest BCUT2D eigenvalue weighted by molar-refractivity contribution is 0.105.